The highest BCUT2D eigenvalue weighted by Crippen LogP contribution is 2.35. The van der Waals surface area contributed by atoms with Gasteiger partial charge in [-0.3, -0.25) is 19.3 Å². The van der Waals surface area contributed by atoms with Crippen molar-refractivity contribution in [2.45, 2.75) is 38.1 Å². The Morgan fingerprint density at radius 1 is 1.03 bits per heavy atom. The van der Waals surface area contributed by atoms with Gasteiger partial charge >= 0.3 is 6.03 Å². The third-order valence-electron chi connectivity index (χ3n) is 5.73. The smallest absolute Gasteiger partial charge is 0.324 e. The molecular weight excluding hydrogens is 396 g/mol. The fraction of sp³-hybridized carbons (Fsp3) is 0.304. The lowest BCUT2D eigenvalue weighted by Gasteiger charge is -2.20. The highest BCUT2D eigenvalue weighted by molar-refractivity contribution is 6.12. The number of urea groups is 1. The number of rotatable bonds is 5. The molecule has 1 aliphatic heterocycles. The third-order valence-corrected chi connectivity index (χ3v) is 5.73. The molecule has 2 fully saturated rings. The van der Waals surface area contributed by atoms with Crippen LogP contribution in [0.3, 0.4) is 0 Å². The van der Waals surface area contributed by atoms with Gasteiger partial charge in [-0.15, -0.1) is 0 Å². The van der Waals surface area contributed by atoms with Gasteiger partial charge in [0.05, 0.1) is 11.3 Å². The molecule has 31 heavy (non-hydrogen) atoms. The van der Waals surface area contributed by atoms with E-state index in [1.165, 1.54) is 0 Å². The minimum absolute atomic E-state index is 0.279. The number of amides is 5. The number of para-hydroxylation sites is 1. The summed E-state index contributed by atoms with van der Waals surface area (Å²) in [5.74, 6) is -1.27. The Hall–Kier alpha value is -3.68. The minimum Gasteiger partial charge on any atom is -0.324 e. The Bertz CT molecular complexity index is 1060. The van der Waals surface area contributed by atoms with Gasteiger partial charge in [-0.05, 0) is 49.6 Å². The fourth-order valence-electron chi connectivity index (χ4n) is 4.18. The molecule has 1 spiro atoms. The molecule has 2 aromatic carbocycles. The van der Waals surface area contributed by atoms with Crippen LogP contribution in [0.15, 0.2) is 48.5 Å². The summed E-state index contributed by atoms with van der Waals surface area (Å²) in [6, 6.07) is 13.4. The van der Waals surface area contributed by atoms with Gasteiger partial charge in [0.25, 0.3) is 11.8 Å². The average molecular weight is 420 g/mol. The monoisotopic (exact) mass is 420 g/mol. The highest BCUT2D eigenvalue weighted by atomic mass is 16.2. The summed E-state index contributed by atoms with van der Waals surface area (Å²) in [6.07, 6.45) is 2.93. The van der Waals surface area contributed by atoms with Crippen molar-refractivity contribution >= 4 is 35.1 Å². The molecule has 0 unspecified atom stereocenters. The van der Waals surface area contributed by atoms with Crippen molar-refractivity contribution in [3.8, 4) is 0 Å². The zero-order valence-corrected chi connectivity index (χ0v) is 17.2. The first kappa shape index (κ1) is 20.6. The van der Waals surface area contributed by atoms with Crippen molar-refractivity contribution < 1.29 is 19.2 Å². The second kappa shape index (κ2) is 8.22. The van der Waals surface area contributed by atoms with Crippen LogP contribution in [0.4, 0.5) is 16.2 Å². The van der Waals surface area contributed by atoms with E-state index in [0.29, 0.717) is 24.2 Å². The molecule has 0 atom stereocenters. The molecular formula is C23H24N4O4. The quantitative estimate of drug-likeness (QED) is 0.646. The number of carbonyl (C=O) groups excluding carboxylic acids is 4. The third kappa shape index (κ3) is 4.14. The van der Waals surface area contributed by atoms with Gasteiger partial charge in [0, 0.05) is 5.69 Å². The highest BCUT2D eigenvalue weighted by Gasteiger charge is 2.52. The van der Waals surface area contributed by atoms with Gasteiger partial charge in [0.1, 0.15) is 12.1 Å². The summed E-state index contributed by atoms with van der Waals surface area (Å²) >= 11 is 0. The largest absolute Gasteiger partial charge is 0.325 e. The van der Waals surface area contributed by atoms with Crippen molar-refractivity contribution in [3.05, 3.63) is 59.7 Å². The molecule has 2 aliphatic rings. The Morgan fingerprint density at radius 2 is 1.77 bits per heavy atom. The van der Waals surface area contributed by atoms with Gasteiger partial charge in [-0.2, -0.15) is 0 Å². The Morgan fingerprint density at radius 3 is 2.52 bits per heavy atom. The van der Waals surface area contributed by atoms with Crippen LogP contribution in [0.1, 0.15) is 41.6 Å². The van der Waals surface area contributed by atoms with Crippen LogP contribution >= 0.6 is 0 Å². The number of nitrogens with zero attached hydrogens (tertiary/aromatic N) is 1. The van der Waals surface area contributed by atoms with Crippen molar-refractivity contribution in [1.82, 2.24) is 10.2 Å². The molecule has 1 saturated heterocycles. The van der Waals surface area contributed by atoms with Crippen molar-refractivity contribution in [1.29, 1.82) is 0 Å². The summed E-state index contributed by atoms with van der Waals surface area (Å²) in [5.41, 5.74) is 1.38. The predicted molar refractivity (Wildman–Crippen MR) is 116 cm³/mol. The van der Waals surface area contributed by atoms with Gasteiger partial charge in [0.2, 0.25) is 5.91 Å². The van der Waals surface area contributed by atoms with E-state index in [2.05, 4.69) is 16.0 Å². The lowest BCUT2D eigenvalue weighted by atomic mass is 9.98. The summed E-state index contributed by atoms with van der Waals surface area (Å²) in [6.45, 7) is 1.52. The molecule has 4 rings (SSSR count). The molecule has 8 heteroatoms. The first-order valence-corrected chi connectivity index (χ1v) is 10.3. The second-order valence-electron chi connectivity index (χ2n) is 8.03. The van der Waals surface area contributed by atoms with Crippen LogP contribution in [0.5, 0.6) is 0 Å². The van der Waals surface area contributed by atoms with Gasteiger partial charge in [-0.1, -0.05) is 37.1 Å². The number of hydrogen-bond acceptors (Lipinski definition) is 4. The average Bonchev–Trinajstić information content (AvgIpc) is 3.29. The van der Waals surface area contributed by atoms with Crippen LogP contribution in [0, 0.1) is 6.92 Å². The summed E-state index contributed by atoms with van der Waals surface area (Å²) in [5, 5.41) is 8.23. The molecule has 1 saturated carbocycles. The zero-order valence-electron chi connectivity index (χ0n) is 17.2. The molecule has 0 bridgehead atoms. The summed E-state index contributed by atoms with van der Waals surface area (Å²) in [4.78, 5) is 51.4. The van der Waals surface area contributed by atoms with E-state index >= 15 is 0 Å². The maximum absolute atomic E-state index is 12.8. The van der Waals surface area contributed by atoms with Crippen molar-refractivity contribution in [2.24, 2.45) is 0 Å². The number of imide groups is 1. The summed E-state index contributed by atoms with van der Waals surface area (Å²) < 4.78 is 0. The van der Waals surface area contributed by atoms with E-state index in [0.717, 1.165) is 23.3 Å². The van der Waals surface area contributed by atoms with Gasteiger partial charge in [-0.25, -0.2) is 4.79 Å². The normalized spacial score (nSPS) is 17.0. The lowest BCUT2D eigenvalue weighted by Crippen LogP contribution is -2.44. The molecule has 0 aromatic heterocycles. The van der Waals surface area contributed by atoms with Crippen LogP contribution in [0.2, 0.25) is 0 Å². The maximum atomic E-state index is 12.8. The molecule has 5 amide bonds. The number of nitrogens with one attached hydrogen (secondary N) is 3. The van der Waals surface area contributed by atoms with Gasteiger partial charge < -0.3 is 16.0 Å². The Kier molecular flexibility index (Phi) is 5.46. The molecule has 8 nitrogen and oxygen atoms in total. The lowest BCUT2D eigenvalue weighted by molar-refractivity contribution is -0.133. The number of benzene rings is 2. The molecule has 2 aromatic rings. The van der Waals surface area contributed by atoms with E-state index in [1.807, 2.05) is 25.1 Å². The van der Waals surface area contributed by atoms with E-state index in [9.17, 15) is 19.2 Å². The Balaban J connectivity index is 1.45. The van der Waals surface area contributed by atoms with Crippen LogP contribution in [-0.2, 0) is 9.59 Å². The van der Waals surface area contributed by atoms with Crippen molar-refractivity contribution in [3.63, 3.8) is 0 Å². The van der Waals surface area contributed by atoms with Crippen LogP contribution in [-0.4, -0.2) is 40.7 Å². The topological polar surface area (TPSA) is 108 Å². The van der Waals surface area contributed by atoms with E-state index in [-0.39, 0.29) is 17.4 Å². The first-order valence-electron chi connectivity index (χ1n) is 10.3. The first-order chi connectivity index (χ1) is 14.9. The van der Waals surface area contributed by atoms with Gasteiger partial charge in [0.15, 0.2) is 0 Å². The minimum atomic E-state index is -0.858. The molecule has 1 heterocycles. The van der Waals surface area contributed by atoms with E-state index in [4.69, 9.17) is 0 Å². The number of aryl methyl sites for hydroxylation is 1. The molecule has 0 radical (unpaired) electrons. The molecule has 1 aliphatic carbocycles. The summed E-state index contributed by atoms with van der Waals surface area (Å²) in [7, 11) is 0. The number of carbonyl (C=O) groups is 4. The number of anilines is 2. The molecule has 160 valence electrons. The maximum Gasteiger partial charge on any atom is 0.325 e. The standard InChI is InChI=1S/C23H24N4O4/c1-15-7-6-8-16(13-15)24-20(29)17-9-2-3-10-18(17)25-19(28)14-27-21(30)23(26-22(27)31)11-4-5-12-23/h2-3,6-10,13H,4-5,11-12,14H2,1H3,(H,24,29)(H,25,28)(H,26,31). The van der Waals surface area contributed by atoms with Crippen molar-refractivity contribution in [2.75, 3.05) is 17.2 Å². The zero-order chi connectivity index (χ0) is 22.0. The van der Waals surface area contributed by atoms with Crippen LogP contribution in [0.25, 0.3) is 0 Å². The number of hydrogen-bond donors (Lipinski definition) is 3. The van der Waals surface area contributed by atoms with Crippen LogP contribution < -0.4 is 16.0 Å². The van der Waals surface area contributed by atoms with E-state index in [1.54, 1.807) is 30.3 Å². The second-order valence-corrected chi connectivity index (χ2v) is 8.03. The van der Waals surface area contributed by atoms with E-state index < -0.39 is 24.0 Å². The molecule has 3 N–H and O–H groups in total. The Labute approximate surface area is 180 Å². The SMILES string of the molecule is Cc1cccc(NC(=O)c2ccccc2NC(=O)CN2C(=O)NC3(CCCC3)C2=O)c1. The fourth-order valence-corrected chi connectivity index (χ4v) is 4.18. The predicted octanol–water partition coefficient (Wildman–Crippen LogP) is 3.05.